The summed E-state index contributed by atoms with van der Waals surface area (Å²) < 4.78 is 5.74. The van der Waals surface area contributed by atoms with Crippen LogP contribution in [0.15, 0.2) is 67.0 Å². The first kappa shape index (κ1) is 16.8. The van der Waals surface area contributed by atoms with Gasteiger partial charge in [0, 0.05) is 29.1 Å². The van der Waals surface area contributed by atoms with Crippen LogP contribution in [-0.2, 0) is 11.4 Å². The van der Waals surface area contributed by atoms with Crippen molar-refractivity contribution in [1.29, 1.82) is 0 Å². The van der Waals surface area contributed by atoms with Crippen molar-refractivity contribution in [2.24, 2.45) is 0 Å². The van der Waals surface area contributed by atoms with Gasteiger partial charge < -0.3 is 15.2 Å². The number of nitrogens with one attached hydrogen (secondary N) is 1. The fraction of sp³-hybridized carbons (Fsp3) is 0.0952. The van der Waals surface area contributed by atoms with Crippen molar-refractivity contribution in [3.63, 3.8) is 0 Å². The van der Waals surface area contributed by atoms with E-state index in [1.165, 1.54) is 0 Å². The molecule has 1 amide bonds. The van der Waals surface area contributed by atoms with Crippen LogP contribution in [0.25, 0.3) is 11.1 Å². The normalized spacial score (nSPS) is 12.9. The van der Waals surface area contributed by atoms with Gasteiger partial charge in [-0.05, 0) is 35.4 Å². The van der Waals surface area contributed by atoms with E-state index in [0.29, 0.717) is 23.5 Å². The number of rotatable bonds is 4. The molecule has 2 heterocycles. The highest BCUT2D eigenvalue weighted by atomic mass is 16.5. The molecule has 4 rings (SSSR count). The molecular formula is C21H16N2O4. The summed E-state index contributed by atoms with van der Waals surface area (Å²) in [4.78, 5) is 28.3. The highest BCUT2D eigenvalue weighted by Gasteiger charge is 2.24. The van der Waals surface area contributed by atoms with Gasteiger partial charge in [0.05, 0.1) is 0 Å². The first-order chi connectivity index (χ1) is 13.1. The Labute approximate surface area is 155 Å². The molecule has 2 aromatic carbocycles. The molecule has 1 aromatic heterocycles. The van der Waals surface area contributed by atoms with Gasteiger partial charge in [0.25, 0.3) is 5.91 Å². The first-order valence-corrected chi connectivity index (χ1v) is 8.42. The van der Waals surface area contributed by atoms with Gasteiger partial charge in [-0.3, -0.25) is 9.78 Å². The standard InChI is InChI=1S/C21H16N2O4/c24-20(23-19(21(25)26)13-4-2-1-3-5-13)14-6-7-17-16-8-9-22-11-15(16)12-27-18(17)10-14/h1-11,19H,12H2,(H,23,24)(H,25,26)/t19-/m0/s1. The highest BCUT2D eigenvalue weighted by molar-refractivity contribution is 5.98. The van der Waals surface area contributed by atoms with Gasteiger partial charge in [0.1, 0.15) is 12.4 Å². The Balaban J connectivity index is 1.61. The number of fused-ring (bicyclic) bond motifs is 3. The summed E-state index contributed by atoms with van der Waals surface area (Å²) in [7, 11) is 0. The van der Waals surface area contributed by atoms with E-state index in [0.717, 1.165) is 16.7 Å². The fourth-order valence-corrected chi connectivity index (χ4v) is 3.11. The van der Waals surface area contributed by atoms with E-state index in [1.807, 2.05) is 6.07 Å². The second-order valence-electron chi connectivity index (χ2n) is 6.19. The fourth-order valence-electron chi connectivity index (χ4n) is 3.11. The minimum atomic E-state index is -1.12. The second kappa shape index (κ2) is 6.92. The zero-order chi connectivity index (χ0) is 18.8. The Bertz CT molecular complexity index is 1020. The van der Waals surface area contributed by atoms with Crippen LogP contribution in [0.4, 0.5) is 0 Å². The van der Waals surface area contributed by atoms with E-state index >= 15 is 0 Å². The Morgan fingerprint density at radius 3 is 2.67 bits per heavy atom. The van der Waals surface area contributed by atoms with Crippen molar-refractivity contribution in [2.75, 3.05) is 0 Å². The number of aliphatic carboxylic acids is 1. The molecule has 0 fully saturated rings. The molecule has 0 bridgehead atoms. The maximum absolute atomic E-state index is 12.6. The average Bonchev–Trinajstić information content (AvgIpc) is 2.71. The summed E-state index contributed by atoms with van der Waals surface area (Å²) in [5.41, 5.74) is 3.73. The number of amides is 1. The van der Waals surface area contributed by atoms with Gasteiger partial charge in [0.15, 0.2) is 6.04 Å². The summed E-state index contributed by atoms with van der Waals surface area (Å²) in [6, 6.07) is 14.5. The molecule has 6 nitrogen and oxygen atoms in total. The number of carboxylic acids is 1. The molecule has 0 aliphatic carbocycles. The third-order valence-corrected chi connectivity index (χ3v) is 4.48. The molecule has 1 atom stereocenters. The molecule has 0 radical (unpaired) electrons. The van der Waals surface area contributed by atoms with Gasteiger partial charge >= 0.3 is 5.97 Å². The smallest absolute Gasteiger partial charge is 0.330 e. The number of hydrogen-bond donors (Lipinski definition) is 2. The predicted octanol–water partition coefficient (Wildman–Crippen LogP) is 3.20. The molecule has 3 aromatic rings. The zero-order valence-corrected chi connectivity index (χ0v) is 14.3. The number of benzene rings is 2. The van der Waals surface area contributed by atoms with Crippen molar-refractivity contribution in [3.05, 3.63) is 83.7 Å². The number of carboxylic acid groups (broad SMARTS) is 1. The lowest BCUT2D eigenvalue weighted by Crippen LogP contribution is -2.33. The van der Waals surface area contributed by atoms with Crippen molar-refractivity contribution in [1.82, 2.24) is 10.3 Å². The van der Waals surface area contributed by atoms with Gasteiger partial charge in [-0.15, -0.1) is 0 Å². The van der Waals surface area contributed by atoms with Crippen LogP contribution in [0.2, 0.25) is 0 Å². The van der Waals surface area contributed by atoms with Gasteiger partial charge in [0.2, 0.25) is 0 Å². The molecule has 27 heavy (non-hydrogen) atoms. The van der Waals surface area contributed by atoms with Crippen LogP contribution in [0.1, 0.15) is 27.5 Å². The molecular weight excluding hydrogens is 344 g/mol. The zero-order valence-electron chi connectivity index (χ0n) is 14.3. The van der Waals surface area contributed by atoms with Crippen LogP contribution in [-0.4, -0.2) is 22.0 Å². The summed E-state index contributed by atoms with van der Waals surface area (Å²) in [6.45, 7) is 0.378. The highest BCUT2D eigenvalue weighted by Crippen LogP contribution is 2.37. The Morgan fingerprint density at radius 1 is 1.07 bits per heavy atom. The number of nitrogens with zero attached hydrogens (tertiary/aromatic N) is 1. The topological polar surface area (TPSA) is 88.5 Å². The van der Waals surface area contributed by atoms with Crippen molar-refractivity contribution >= 4 is 11.9 Å². The van der Waals surface area contributed by atoms with Crippen LogP contribution < -0.4 is 10.1 Å². The van der Waals surface area contributed by atoms with Crippen LogP contribution in [0.3, 0.4) is 0 Å². The van der Waals surface area contributed by atoms with E-state index in [2.05, 4.69) is 10.3 Å². The maximum atomic E-state index is 12.6. The molecule has 0 spiro atoms. The molecule has 2 N–H and O–H groups in total. The third kappa shape index (κ3) is 3.25. The number of pyridine rings is 1. The number of ether oxygens (including phenoxy) is 1. The quantitative estimate of drug-likeness (QED) is 0.746. The van der Waals surface area contributed by atoms with E-state index in [9.17, 15) is 14.7 Å². The molecule has 1 aliphatic heterocycles. The van der Waals surface area contributed by atoms with E-state index < -0.39 is 17.9 Å². The number of carbonyl (C=O) groups is 2. The second-order valence-corrected chi connectivity index (χ2v) is 6.19. The van der Waals surface area contributed by atoms with Gasteiger partial charge in [-0.1, -0.05) is 30.3 Å². The van der Waals surface area contributed by atoms with Crippen LogP contribution in [0.5, 0.6) is 5.75 Å². The lowest BCUT2D eigenvalue weighted by Gasteiger charge is -2.21. The Hall–Kier alpha value is -3.67. The monoisotopic (exact) mass is 360 g/mol. The Kier molecular flexibility index (Phi) is 4.30. The minimum absolute atomic E-state index is 0.341. The lowest BCUT2D eigenvalue weighted by atomic mass is 9.97. The van der Waals surface area contributed by atoms with Crippen molar-refractivity contribution in [2.45, 2.75) is 12.6 Å². The average molecular weight is 360 g/mol. The predicted molar refractivity (Wildman–Crippen MR) is 98.3 cm³/mol. The van der Waals surface area contributed by atoms with E-state index in [-0.39, 0.29) is 0 Å². The number of aromatic nitrogens is 1. The third-order valence-electron chi connectivity index (χ3n) is 4.48. The number of carbonyl (C=O) groups excluding carboxylic acids is 1. The minimum Gasteiger partial charge on any atom is -0.488 e. The summed E-state index contributed by atoms with van der Waals surface area (Å²) >= 11 is 0. The first-order valence-electron chi connectivity index (χ1n) is 8.42. The number of hydrogen-bond acceptors (Lipinski definition) is 4. The lowest BCUT2D eigenvalue weighted by molar-refractivity contribution is -0.139. The molecule has 0 saturated carbocycles. The largest absolute Gasteiger partial charge is 0.488 e. The SMILES string of the molecule is O=C(N[C@H](C(=O)O)c1ccccc1)c1ccc2c(c1)OCc1cnccc1-2. The summed E-state index contributed by atoms with van der Waals surface area (Å²) in [5, 5.41) is 12.0. The molecule has 0 unspecified atom stereocenters. The molecule has 134 valence electrons. The maximum Gasteiger partial charge on any atom is 0.330 e. The molecule has 0 saturated heterocycles. The summed E-state index contributed by atoms with van der Waals surface area (Å²) in [6.07, 6.45) is 3.47. The van der Waals surface area contributed by atoms with Crippen molar-refractivity contribution in [3.8, 4) is 16.9 Å². The van der Waals surface area contributed by atoms with Crippen molar-refractivity contribution < 1.29 is 19.4 Å². The summed E-state index contributed by atoms with van der Waals surface area (Å²) in [5.74, 6) is -1.00. The van der Waals surface area contributed by atoms with Crippen LogP contribution >= 0.6 is 0 Å². The molecule has 6 heteroatoms. The van der Waals surface area contributed by atoms with Gasteiger partial charge in [-0.2, -0.15) is 0 Å². The van der Waals surface area contributed by atoms with Gasteiger partial charge in [-0.25, -0.2) is 4.79 Å². The molecule has 1 aliphatic rings. The van der Waals surface area contributed by atoms with E-state index in [1.54, 1.807) is 60.9 Å². The van der Waals surface area contributed by atoms with Crippen LogP contribution in [0, 0.1) is 0 Å². The van der Waals surface area contributed by atoms with E-state index in [4.69, 9.17) is 4.74 Å². The Morgan fingerprint density at radius 2 is 1.89 bits per heavy atom.